The lowest BCUT2D eigenvalue weighted by atomic mass is 10.3. The van der Waals surface area contributed by atoms with Gasteiger partial charge in [0.1, 0.15) is 0 Å². The van der Waals surface area contributed by atoms with Gasteiger partial charge < -0.3 is 5.32 Å². The molecule has 1 aromatic heterocycles. The number of nitrogens with zero attached hydrogens (tertiary/aromatic N) is 4. The van der Waals surface area contributed by atoms with Crippen LogP contribution in [0, 0.1) is 0 Å². The smallest absolute Gasteiger partial charge is 0.0971 e. The van der Waals surface area contributed by atoms with E-state index in [0.717, 1.165) is 31.0 Å². The summed E-state index contributed by atoms with van der Waals surface area (Å²) in [6, 6.07) is 10.6. The summed E-state index contributed by atoms with van der Waals surface area (Å²) in [4.78, 5) is 4.11. The third-order valence-corrected chi connectivity index (χ3v) is 3.59. The predicted molar refractivity (Wildman–Crippen MR) is 81.3 cm³/mol. The van der Waals surface area contributed by atoms with Gasteiger partial charge >= 0.3 is 0 Å². The molecule has 1 aliphatic rings. The fraction of sp³-hybridized carbons (Fsp3) is 0.429. The number of likely N-dealkylation sites (N-methyl/N-ethyl adjacent to an activating group) is 1. The molecule has 3 rings (SSSR count). The Morgan fingerprint density at radius 3 is 2.80 bits per heavy atom. The van der Waals surface area contributed by atoms with Gasteiger partial charge in [-0.3, -0.25) is 4.90 Å². The van der Waals surface area contributed by atoms with Crippen LogP contribution in [-0.2, 0) is 6.54 Å². The Morgan fingerprint density at radius 2 is 2.10 bits per heavy atom. The second-order valence-corrected chi connectivity index (χ2v) is 4.97. The SMILES string of the molecule is CNC1CCN(Cc2cnn(-c3ccccc3)n2)C1.Cl. The molecule has 1 fully saturated rings. The van der Waals surface area contributed by atoms with E-state index in [1.807, 2.05) is 43.6 Å². The number of halogens is 1. The third kappa shape index (κ3) is 3.36. The molecule has 0 bridgehead atoms. The van der Waals surface area contributed by atoms with Gasteiger partial charge in [0, 0.05) is 25.7 Å². The van der Waals surface area contributed by atoms with Crippen LogP contribution < -0.4 is 5.32 Å². The zero-order valence-corrected chi connectivity index (χ0v) is 12.4. The van der Waals surface area contributed by atoms with Crippen molar-refractivity contribution in [1.82, 2.24) is 25.2 Å². The van der Waals surface area contributed by atoms with Crippen molar-refractivity contribution in [3.05, 3.63) is 42.2 Å². The Kier molecular flexibility index (Phi) is 5.11. The number of aromatic nitrogens is 3. The molecule has 1 atom stereocenters. The molecular formula is C14H20ClN5. The summed E-state index contributed by atoms with van der Waals surface area (Å²) in [7, 11) is 2.03. The molecule has 1 saturated heterocycles. The summed E-state index contributed by atoms with van der Waals surface area (Å²) in [5.74, 6) is 0. The molecule has 1 N–H and O–H groups in total. The summed E-state index contributed by atoms with van der Waals surface area (Å²) in [6.07, 6.45) is 3.07. The zero-order chi connectivity index (χ0) is 13.1. The first-order valence-corrected chi connectivity index (χ1v) is 6.71. The number of hydrogen-bond acceptors (Lipinski definition) is 4. The second-order valence-electron chi connectivity index (χ2n) is 4.97. The minimum absolute atomic E-state index is 0. The van der Waals surface area contributed by atoms with Gasteiger partial charge in [0.25, 0.3) is 0 Å². The molecule has 108 valence electrons. The average Bonchev–Trinajstić information content (AvgIpc) is 3.09. The second kappa shape index (κ2) is 6.83. The van der Waals surface area contributed by atoms with Gasteiger partial charge in [0.15, 0.2) is 0 Å². The maximum atomic E-state index is 4.54. The number of nitrogens with one attached hydrogen (secondary N) is 1. The molecule has 20 heavy (non-hydrogen) atoms. The van der Waals surface area contributed by atoms with Gasteiger partial charge in [0.2, 0.25) is 0 Å². The highest BCUT2D eigenvalue weighted by Crippen LogP contribution is 2.12. The first kappa shape index (κ1) is 15.0. The Morgan fingerprint density at radius 1 is 1.30 bits per heavy atom. The molecule has 2 aromatic rings. The molecule has 0 radical (unpaired) electrons. The molecule has 1 unspecified atom stereocenters. The van der Waals surface area contributed by atoms with Crippen LogP contribution in [-0.4, -0.2) is 46.1 Å². The highest BCUT2D eigenvalue weighted by Gasteiger charge is 2.21. The quantitative estimate of drug-likeness (QED) is 0.928. The van der Waals surface area contributed by atoms with Crippen molar-refractivity contribution in [2.75, 3.05) is 20.1 Å². The van der Waals surface area contributed by atoms with E-state index in [9.17, 15) is 0 Å². The first-order chi connectivity index (χ1) is 9.35. The van der Waals surface area contributed by atoms with E-state index in [4.69, 9.17) is 0 Å². The number of para-hydroxylation sites is 1. The average molecular weight is 294 g/mol. The number of hydrogen-bond donors (Lipinski definition) is 1. The van der Waals surface area contributed by atoms with Crippen molar-refractivity contribution < 1.29 is 0 Å². The molecule has 6 heteroatoms. The summed E-state index contributed by atoms with van der Waals surface area (Å²) in [5, 5.41) is 12.2. The van der Waals surface area contributed by atoms with Gasteiger partial charge in [-0.25, -0.2) is 0 Å². The third-order valence-electron chi connectivity index (χ3n) is 3.59. The molecule has 1 aromatic carbocycles. The van der Waals surface area contributed by atoms with Crippen LogP contribution in [0.3, 0.4) is 0 Å². The van der Waals surface area contributed by atoms with Crippen LogP contribution >= 0.6 is 12.4 Å². The lowest BCUT2D eigenvalue weighted by molar-refractivity contribution is 0.318. The summed E-state index contributed by atoms with van der Waals surface area (Å²) in [6.45, 7) is 3.10. The van der Waals surface area contributed by atoms with Crippen molar-refractivity contribution in [2.45, 2.75) is 19.0 Å². The van der Waals surface area contributed by atoms with Gasteiger partial charge in [-0.05, 0) is 25.6 Å². The normalized spacial score (nSPS) is 18.9. The Labute approximate surface area is 125 Å². The van der Waals surface area contributed by atoms with Gasteiger partial charge in [-0.1, -0.05) is 18.2 Å². The largest absolute Gasteiger partial charge is 0.316 e. The maximum absolute atomic E-state index is 4.54. The fourth-order valence-corrected chi connectivity index (χ4v) is 2.49. The van der Waals surface area contributed by atoms with Crippen LogP contribution in [0.15, 0.2) is 36.5 Å². The molecule has 5 nitrogen and oxygen atoms in total. The van der Waals surface area contributed by atoms with Crippen molar-refractivity contribution in [3.8, 4) is 5.69 Å². The van der Waals surface area contributed by atoms with E-state index in [0.29, 0.717) is 6.04 Å². The van der Waals surface area contributed by atoms with Crippen molar-refractivity contribution in [3.63, 3.8) is 0 Å². The lowest BCUT2D eigenvalue weighted by Crippen LogP contribution is -2.29. The fourth-order valence-electron chi connectivity index (χ4n) is 2.49. The van der Waals surface area contributed by atoms with Crippen molar-refractivity contribution in [1.29, 1.82) is 0 Å². The van der Waals surface area contributed by atoms with E-state index in [1.165, 1.54) is 6.42 Å². The van der Waals surface area contributed by atoms with E-state index in [-0.39, 0.29) is 12.4 Å². The number of benzene rings is 1. The summed E-state index contributed by atoms with van der Waals surface area (Å²) in [5.41, 5.74) is 2.03. The highest BCUT2D eigenvalue weighted by molar-refractivity contribution is 5.85. The van der Waals surface area contributed by atoms with Crippen molar-refractivity contribution in [2.24, 2.45) is 0 Å². The van der Waals surface area contributed by atoms with Crippen LogP contribution in [0.25, 0.3) is 5.69 Å². The van der Waals surface area contributed by atoms with E-state index < -0.39 is 0 Å². The molecule has 2 heterocycles. The van der Waals surface area contributed by atoms with Gasteiger partial charge in [0.05, 0.1) is 17.6 Å². The van der Waals surface area contributed by atoms with Crippen LogP contribution in [0.4, 0.5) is 0 Å². The molecule has 0 saturated carbocycles. The molecular weight excluding hydrogens is 274 g/mol. The summed E-state index contributed by atoms with van der Waals surface area (Å²) < 4.78 is 0. The van der Waals surface area contributed by atoms with E-state index in [1.54, 1.807) is 4.80 Å². The molecule has 0 amide bonds. The monoisotopic (exact) mass is 293 g/mol. The highest BCUT2D eigenvalue weighted by atomic mass is 35.5. The van der Waals surface area contributed by atoms with Crippen LogP contribution in [0.1, 0.15) is 12.1 Å². The Balaban J connectivity index is 0.00000147. The first-order valence-electron chi connectivity index (χ1n) is 6.71. The number of likely N-dealkylation sites (tertiary alicyclic amines) is 1. The molecule has 1 aliphatic heterocycles. The van der Waals surface area contributed by atoms with Crippen LogP contribution in [0.5, 0.6) is 0 Å². The minimum Gasteiger partial charge on any atom is -0.316 e. The molecule has 0 spiro atoms. The standard InChI is InChI=1S/C14H19N5.ClH/c1-15-12-7-8-18(10-12)11-13-9-16-19(17-13)14-5-3-2-4-6-14;/h2-6,9,12,15H,7-8,10-11H2,1H3;1H. The summed E-state index contributed by atoms with van der Waals surface area (Å²) >= 11 is 0. The van der Waals surface area contributed by atoms with Crippen molar-refractivity contribution >= 4 is 12.4 Å². The Hall–Kier alpha value is -1.43. The zero-order valence-electron chi connectivity index (χ0n) is 11.6. The maximum Gasteiger partial charge on any atom is 0.0971 e. The van der Waals surface area contributed by atoms with Crippen LogP contribution in [0.2, 0.25) is 0 Å². The van der Waals surface area contributed by atoms with E-state index >= 15 is 0 Å². The number of rotatable bonds is 4. The predicted octanol–water partition coefficient (Wildman–Crippen LogP) is 1.48. The minimum atomic E-state index is 0. The van der Waals surface area contributed by atoms with E-state index in [2.05, 4.69) is 20.4 Å². The Bertz CT molecular complexity index is 527. The van der Waals surface area contributed by atoms with Gasteiger partial charge in [-0.15, -0.1) is 12.4 Å². The van der Waals surface area contributed by atoms with Gasteiger partial charge in [-0.2, -0.15) is 15.0 Å². The topological polar surface area (TPSA) is 46.0 Å². The molecule has 0 aliphatic carbocycles. The lowest BCUT2D eigenvalue weighted by Gasteiger charge is -2.13.